The molecule has 0 aliphatic rings. The van der Waals surface area contributed by atoms with Crippen LogP contribution >= 0.6 is 11.3 Å². The second kappa shape index (κ2) is 9.08. The van der Waals surface area contributed by atoms with E-state index in [0.717, 1.165) is 22.7 Å². The number of thiazole rings is 1. The molecule has 1 unspecified atom stereocenters. The molecular weight excluding hydrogens is 344 g/mol. The van der Waals surface area contributed by atoms with Crippen LogP contribution in [0, 0.1) is 26.7 Å². The Hall–Kier alpha value is -2.01. The number of carbonyl (C=O) groups excluding carboxylic acids is 2. The van der Waals surface area contributed by atoms with Crippen molar-refractivity contribution in [1.82, 2.24) is 10.3 Å². The molecular formula is C21H28N2O2S. The van der Waals surface area contributed by atoms with E-state index in [2.05, 4.69) is 24.1 Å². The average Bonchev–Trinajstić information content (AvgIpc) is 2.91. The van der Waals surface area contributed by atoms with Crippen LogP contribution in [0.15, 0.2) is 24.3 Å². The van der Waals surface area contributed by atoms with Crippen molar-refractivity contribution in [3.05, 3.63) is 51.0 Å². The van der Waals surface area contributed by atoms with Gasteiger partial charge < -0.3 is 5.32 Å². The molecule has 1 aromatic carbocycles. The fraction of sp³-hybridized carbons (Fsp3) is 0.476. The molecule has 1 N–H and O–H groups in total. The molecule has 0 saturated heterocycles. The van der Waals surface area contributed by atoms with E-state index >= 15 is 0 Å². The number of nitrogens with one attached hydrogen (secondary N) is 1. The lowest BCUT2D eigenvalue weighted by molar-refractivity contribution is -0.121. The molecule has 0 aliphatic carbocycles. The molecule has 1 atom stereocenters. The van der Waals surface area contributed by atoms with Crippen LogP contribution in [0.1, 0.15) is 70.7 Å². The highest BCUT2D eigenvalue weighted by atomic mass is 32.1. The van der Waals surface area contributed by atoms with E-state index in [1.807, 2.05) is 45.0 Å². The third-order valence-corrected chi connectivity index (χ3v) is 5.60. The highest BCUT2D eigenvalue weighted by molar-refractivity contribution is 7.11. The van der Waals surface area contributed by atoms with Gasteiger partial charge in [-0.3, -0.25) is 9.59 Å². The van der Waals surface area contributed by atoms with Gasteiger partial charge in [0.25, 0.3) is 0 Å². The zero-order chi connectivity index (χ0) is 19.3. The SMILES string of the molecule is Cc1ccccc1C(=O)CCC(=O)NC(CC(C)C)c1nc(C)c(C)s1. The van der Waals surface area contributed by atoms with Gasteiger partial charge in [0, 0.05) is 23.3 Å². The van der Waals surface area contributed by atoms with Crippen LogP contribution in [-0.4, -0.2) is 16.7 Å². The van der Waals surface area contributed by atoms with E-state index in [-0.39, 0.29) is 30.6 Å². The largest absolute Gasteiger partial charge is 0.347 e. The molecule has 26 heavy (non-hydrogen) atoms. The van der Waals surface area contributed by atoms with Gasteiger partial charge in [0.1, 0.15) is 5.01 Å². The van der Waals surface area contributed by atoms with Gasteiger partial charge in [-0.15, -0.1) is 11.3 Å². The van der Waals surface area contributed by atoms with Crippen LogP contribution in [0.25, 0.3) is 0 Å². The first kappa shape index (κ1) is 20.3. The van der Waals surface area contributed by atoms with E-state index < -0.39 is 0 Å². The number of Topliss-reactive ketones (excluding diaryl/α,β-unsaturated/α-hetero) is 1. The van der Waals surface area contributed by atoms with E-state index in [9.17, 15) is 9.59 Å². The smallest absolute Gasteiger partial charge is 0.221 e. The predicted molar refractivity (Wildman–Crippen MR) is 107 cm³/mol. The molecule has 2 aromatic rings. The number of carbonyl (C=O) groups is 2. The second-order valence-electron chi connectivity index (χ2n) is 7.18. The maximum atomic E-state index is 12.4. The van der Waals surface area contributed by atoms with Crippen LogP contribution in [0.2, 0.25) is 0 Å². The minimum absolute atomic E-state index is 0.0135. The summed E-state index contributed by atoms with van der Waals surface area (Å²) in [5.74, 6) is 0.362. The van der Waals surface area contributed by atoms with Crippen LogP contribution in [0.4, 0.5) is 0 Å². The molecule has 5 heteroatoms. The number of amides is 1. The van der Waals surface area contributed by atoms with Crippen LogP contribution < -0.4 is 5.32 Å². The number of aromatic nitrogens is 1. The summed E-state index contributed by atoms with van der Waals surface area (Å²) >= 11 is 1.64. The lowest BCUT2D eigenvalue weighted by Crippen LogP contribution is -2.29. The normalized spacial score (nSPS) is 12.2. The number of hydrogen-bond acceptors (Lipinski definition) is 4. The Kier molecular flexibility index (Phi) is 7.09. The molecule has 0 saturated carbocycles. The van der Waals surface area contributed by atoms with E-state index in [0.29, 0.717) is 11.5 Å². The van der Waals surface area contributed by atoms with Crippen molar-refractivity contribution in [2.45, 2.75) is 59.9 Å². The molecule has 140 valence electrons. The zero-order valence-corrected chi connectivity index (χ0v) is 17.1. The van der Waals surface area contributed by atoms with Crippen molar-refractivity contribution in [2.24, 2.45) is 5.92 Å². The summed E-state index contributed by atoms with van der Waals surface area (Å²) in [4.78, 5) is 30.6. The molecule has 1 aromatic heterocycles. The van der Waals surface area contributed by atoms with Gasteiger partial charge in [0.05, 0.1) is 11.7 Å². The van der Waals surface area contributed by atoms with Gasteiger partial charge in [-0.05, 0) is 38.7 Å². The number of nitrogens with zero attached hydrogens (tertiary/aromatic N) is 1. The van der Waals surface area contributed by atoms with Crippen molar-refractivity contribution in [3.8, 4) is 0 Å². The maximum Gasteiger partial charge on any atom is 0.221 e. The lowest BCUT2D eigenvalue weighted by Gasteiger charge is -2.18. The number of ketones is 1. The first-order valence-electron chi connectivity index (χ1n) is 9.10. The molecule has 0 aliphatic heterocycles. The van der Waals surface area contributed by atoms with Crippen LogP contribution in [0.3, 0.4) is 0 Å². The summed E-state index contributed by atoms with van der Waals surface area (Å²) in [6.07, 6.45) is 1.26. The first-order chi connectivity index (χ1) is 12.3. The standard InChI is InChI=1S/C21H28N2O2S/c1-13(2)12-18(21-22-15(4)16(5)26-21)23-20(25)11-10-19(24)17-9-7-6-8-14(17)3/h6-9,13,18H,10-12H2,1-5H3,(H,23,25). The molecule has 1 heterocycles. The highest BCUT2D eigenvalue weighted by Gasteiger charge is 2.21. The van der Waals surface area contributed by atoms with Crippen molar-refractivity contribution >= 4 is 23.0 Å². The molecule has 0 bridgehead atoms. The number of aryl methyl sites for hydroxylation is 3. The van der Waals surface area contributed by atoms with E-state index in [4.69, 9.17) is 0 Å². The van der Waals surface area contributed by atoms with Crippen molar-refractivity contribution in [2.75, 3.05) is 0 Å². The summed E-state index contributed by atoms with van der Waals surface area (Å²) in [6, 6.07) is 7.41. The Balaban J connectivity index is 1.98. The molecule has 1 amide bonds. The topological polar surface area (TPSA) is 59.1 Å². The molecule has 0 spiro atoms. The van der Waals surface area contributed by atoms with Gasteiger partial charge >= 0.3 is 0 Å². The highest BCUT2D eigenvalue weighted by Crippen LogP contribution is 2.27. The number of benzene rings is 1. The summed E-state index contributed by atoms with van der Waals surface area (Å²) < 4.78 is 0. The minimum Gasteiger partial charge on any atom is -0.347 e. The number of hydrogen-bond donors (Lipinski definition) is 1. The monoisotopic (exact) mass is 372 g/mol. The minimum atomic E-state index is -0.0944. The van der Waals surface area contributed by atoms with Crippen LogP contribution in [-0.2, 0) is 4.79 Å². The van der Waals surface area contributed by atoms with Gasteiger partial charge in [-0.25, -0.2) is 4.98 Å². The van der Waals surface area contributed by atoms with Gasteiger partial charge in [-0.2, -0.15) is 0 Å². The lowest BCUT2D eigenvalue weighted by atomic mass is 10.0. The van der Waals surface area contributed by atoms with Crippen molar-refractivity contribution in [3.63, 3.8) is 0 Å². The molecule has 0 radical (unpaired) electrons. The van der Waals surface area contributed by atoms with Crippen molar-refractivity contribution in [1.29, 1.82) is 0 Å². The summed E-state index contributed by atoms with van der Waals surface area (Å²) in [6.45, 7) is 10.2. The third kappa shape index (κ3) is 5.49. The Morgan fingerprint density at radius 2 is 1.81 bits per heavy atom. The Labute approximate surface area is 160 Å². The first-order valence-corrected chi connectivity index (χ1v) is 9.91. The summed E-state index contributed by atoms with van der Waals surface area (Å²) in [5.41, 5.74) is 2.66. The quantitative estimate of drug-likeness (QED) is 0.668. The third-order valence-electron chi connectivity index (χ3n) is 4.41. The second-order valence-corrected chi connectivity index (χ2v) is 8.42. The van der Waals surface area contributed by atoms with Gasteiger partial charge in [0.15, 0.2) is 5.78 Å². The summed E-state index contributed by atoms with van der Waals surface area (Å²) in [5, 5.41) is 4.03. The van der Waals surface area contributed by atoms with Gasteiger partial charge in [-0.1, -0.05) is 38.1 Å². The zero-order valence-electron chi connectivity index (χ0n) is 16.3. The maximum absolute atomic E-state index is 12.4. The van der Waals surface area contributed by atoms with Gasteiger partial charge in [0.2, 0.25) is 5.91 Å². The van der Waals surface area contributed by atoms with E-state index in [1.165, 1.54) is 4.88 Å². The fourth-order valence-corrected chi connectivity index (χ4v) is 3.84. The fourth-order valence-electron chi connectivity index (χ4n) is 2.85. The average molecular weight is 373 g/mol. The summed E-state index contributed by atoms with van der Waals surface area (Å²) in [7, 11) is 0. The van der Waals surface area contributed by atoms with Crippen LogP contribution in [0.5, 0.6) is 0 Å². The molecule has 2 rings (SSSR count). The molecule has 0 fully saturated rings. The molecule has 4 nitrogen and oxygen atoms in total. The van der Waals surface area contributed by atoms with Crippen molar-refractivity contribution < 1.29 is 9.59 Å². The predicted octanol–water partition coefficient (Wildman–Crippen LogP) is 4.93. The number of rotatable bonds is 8. The Morgan fingerprint density at radius 1 is 1.12 bits per heavy atom. The Morgan fingerprint density at radius 3 is 2.38 bits per heavy atom. The van der Waals surface area contributed by atoms with E-state index in [1.54, 1.807) is 11.3 Å². The Bertz CT molecular complexity index is 761.